The molecule has 0 fully saturated rings. The van der Waals surface area contributed by atoms with E-state index in [2.05, 4.69) is 19.1 Å². The minimum absolute atomic E-state index is 0.222. The molecule has 0 bridgehead atoms. The number of carbonyl (C=O) groups excluding carboxylic acids is 1. The molecular formula is C14H25O2-. The van der Waals surface area contributed by atoms with E-state index in [0.717, 1.165) is 19.3 Å². The van der Waals surface area contributed by atoms with Gasteiger partial charge in [0.1, 0.15) is 0 Å². The summed E-state index contributed by atoms with van der Waals surface area (Å²) in [4.78, 5) is 10.1. The van der Waals surface area contributed by atoms with E-state index >= 15 is 0 Å². The lowest BCUT2D eigenvalue weighted by molar-refractivity contribution is -0.305. The van der Waals surface area contributed by atoms with Crippen LogP contribution in [-0.2, 0) is 4.79 Å². The summed E-state index contributed by atoms with van der Waals surface area (Å²) in [6, 6.07) is 0. The van der Waals surface area contributed by atoms with Crippen molar-refractivity contribution in [3.63, 3.8) is 0 Å². The number of unbranched alkanes of at least 4 members (excludes halogenated alkanes) is 7. The minimum Gasteiger partial charge on any atom is -0.550 e. The van der Waals surface area contributed by atoms with Gasteiger partial charge in [0.05, 0.1) is 0 Å². The Balaban J connectivity index is 3.01. The normalized spacial score (nSPS) is 11.1. The molecule has 2 nitrogen and oxygen atoms in total. The number of hydrogen-bond acceptors (Lipinski definition) is 2. The molecule has 0 radical (unpaired) electrons. The molecule has 0 unspecified atom stereocenters. The molecule has 2 heteroatoms. The van der Waals surface area contributed by atoms with E-state index in [0.29, 0.717) is 0 Å². The zero-order valence-corrected chi connectivity index (χ0v) is 10.5. The molecule has 0 aromatic heterocycles. The Morgan fingerprint density at radius 3 is 2.12 bits per heavy atom. The molecule has 0 spiro atoms. The van der Waals surface area contributed by atoms with E-state index in [1.807, 2.05) is 0 Å². The Hall–Kier alpha value is -0.790. The van der Waals surface area contributed by atoms with Crippen LogP contribution in [0.3, 0.4) is 0 Å². The second kappa shape index (κ2) is 12.3. The molecule has 0 aromatic carbocycles. The highest BCUT2D eigenvalue weighted by Gasteiger charge is 1.91. The summed E-state index contributed by atoms with van der Waals surface area (Å²) in [6.45, 7) is 2.19. The first-order chi connectivity index (χ1) is 7.77. The number of carbonyl (C=O) groups is 1. The maximum Gasteiger partial charge on any atom is 0.0414 e. The van der Waals surface area contributed by atoms with Crippen LogP contribution in [-0.4, -0.2) is 5.97 Å². The Morgan fingerprint density at radius 2 is 1.50 bits per heavy atom. The van der Waals surface area contributed by atoms with E-state index in [-0.39, 0.29) is 6.42 Å². The first kappa shape index (κ1) is 15.2. The lowest BCUT2D eigenvalue weighted by Crippen LogP contribution is -2.21. The molecule has 0 aliphatic rings. The minimum atomic E-state index is -0.916. The van der Waals surface area contributed by atoms with Crippen LogP contribution >= 0.6 is 0 Å². The molecule has 94 valence electrons. The van der Waals surface area contributed by atoms with E-state index in [9.17, 15) is 9.90 Å². The second-order valence-electron chi connectivity index (χ2n) is 4.29. The summed E-state index contributed by atoms with van der Waals surface area (Å²) >= 11 is 0. The van der Waals surface area contributed by atoms with Crippen molar-refractivity contribution < 1.29 is 9.90 Å². The number of aliphatic carboxylic acids is 1. The van der Waals surface area contributed by atoms with Crippen LogP contribution in [0.5, 0.6) is 0 Å². The molecule has 0 rings (SSSR count). The molecule has 0 saturated heterocycles. The van der Waals surface area contributed by atoms with Gasteiger partial charge >= 0.3 is 0 Å². The first-order valence-electron chi connectivity index (χ1n) is 6.62. The highest BCUT2D eigenvalue weighted by atomic mass is 16.4. The molecule has 0 atom stereocenters. The Bertz CT molecular complexity index is 185. The molecule has 0 aromatic rings. The predicted molar refractivity (Wildman–Crippen MR) is 66.0 cm³/mol. The van der Waals surface area contributed by atoms with Crippen LogP contribution in [0.4, 0.5) is 0 Å². The molecule has 0 saturated carbocycles. The second-order valence-corrected chi connectivity index (χ2v) is 4.29. The molecular weight excluding hydrogens is 200 g/mol. The van der Waals surface area contributed by atoms with Crippen molar-refractivity contribution in [2.45, 2.75) is 71.1 Å². The summed E-state index contributed by atoms with van der Waals surface area (Å²) in [5.74, 6) is -0.916. The van der Waals surface area contributed by atoms with Gasteiger partial charge in [0.25, 0.3) is 0 Å². The van der Waals surface area contributed by atoms with Crippen LogP contribution < -0.4 is 5.11 Å². The largest absolute Gasteiger partial charge is 0.550 e. The van der Waals surface area contributed by atoms with Gasteiger partial charge in [0, 0.05) is 5.97 Å². The third kappa shape index (κ3) is 13.2. The fourth-order valence-electron chi connectivity index (χ4n) is 1.64. The van der Waals surface area contributed by atoms with Gasteiger partial charge in [0.2, 0.25) is 0 Å². The van der Waals surface area contributed by atoms with Crippen molar-refractivity contribution in [1.82, 2.24) is 0 Å². The number of carboxylic acids is 1. The van der Waals surface area contributed by atoms with Crippen LogP contribution in [0.2, 0.25) is 0 Å². The lowest BCUT2D eigenvalue weighted by Gasteiger charge is -2.01. The summed E-state index contributed by atoms with van der Waals surface area (Å²) in [5, 5.41) is 10.1. The van der Waals surface area contributed by atoms with Gasteiger partial charge in [-0.05, 0) is 32.1 Å². The molecule has 0 heterocycles. The standard InChI is InChI=1S/C14H26O2/c1-2-3-4-5-6-7-8-9-10-11-12-13-14(15)16/h4-5H,2-3,6-13H2,1H3,(H,15,16)/p-1/b5-4+. The van der Waals surface area contributed by atoms with Gasteiger partial charge in [0.15, 0.2) is 0 Å². The smallest absolute Gasteiger partial charge is 0.0414 e. The lowest BCUT2D eigenvalue weighted by atomic mass is 10.1. The average molecular weight is 225 g/mol. The zero-order chi connectivity index (χ0) is 12.1. The molecule has 0 aliphatic heterocycles. The van der Waals surface area contributed by atoms with Crippen molar-refractivity contribution in [3.8, 4) is 0 Å². The quantitative estimate of drug-likeness (QED) is 0.400. The Kier molecular flexibility index (Phi) is 11.7. The number of rotatable bonds is 11. The van der Waals surface area contributed by atoms with E-state index < -0.39 is 5.97 Å². The van der Waals surface area contributed by atoms with Crippen LogP contribution in [0.15, 0.2) is 12.2 Å². The van der Waals surface area contributed by atoms with E-state index in [1.54, 1.807) is 0 Å². The fourth-order valence-corrected chi connectivity index (χ4v) is 1.64. The number of hydrogen-bond donors (Lipinski definition) is 0. The average Bonchev–Trinajstić information content (AvgIpc) is 2.25. The van der Waals surface area contributed by atoms with Gasteiger partial charge in [-0.3, -0.25) is 0 Å². The van der Waals surface area contributed by atoms with Crippen LogP contribution in [0, 0.1) is 0 Å². The van der Waals surface area contributed by atoms with Gasteiger partial charge in [-0.15, -0.1) is 0 Å². The molecule has 0 aliphatic carbocycles. The van der Waals surface area contributed by atoms with Crippen molar-refractivity contribution >= 4 is 5.97 Å². The summed E-state index contributed by atoms with van der Waals surface area (Å²) < 4.78 is 0. The van der Waals surface area contributed by atoms with Crippen molar-refractivity contribution in [2.24, 2.45) is 0 Å². The van der Waals surface area contributed by atoms with Gasteiger partial charge in [-0.2, -0.15) is 0 Å². The zero-order valence-electron chi connectivity index (χ0n) is 10.5. The molecule has 16 heavy (non-hydrogen) atoms. The number of allylic oxidation sites excluding steroid dienone is 2. The SMILES string of the molecule is CCC/C=C/CCCCCCCCC(=O)[O-]. The maximum absolute atomic E-state index is 10.1. The van der Waals surface area contributed by atoms with Crippen molar-refractivity contribution in [1.29, 1.82) is 0 Å². The van der Waals surface area contributed by atoms with Crippen LogP contribution in [0.1, 0.15) is 71.1 Å². The topological polar surface area (TPSA) is 40.1 Å². The van der Waals surface area contributed by atoms with Gasteiger partial charge in [-0.1, -0.05) is 51.2 Å². The Morgan fingerprint density at radius 1 is 0.938 bits per heavy atom. The molecule has 0 amide bonds. The summed E-state index contributed by atoms with van der Waals surface area (Å²) in [5.41, 5.74) is 0. The predicted octanol–water partition coefficient (Wildman–Crippen LogP) is 3.21. The Labute approximate surface area is 99.7 Å². The summed E-state index contributed by atoms with van der Waals surface area (Å²) in [6.07, 6.45) is 15.1. The highest BCUT2D eigenvalue weighted by molar-refractivity contribution is 5.63. The van der Waals surface area contributed by atoms with Crippen LogP contribution in [0.25, 0.3) is 0 Å². The highest BCUT2D eigenvalue weighted by Crippen LogP contribution is 2.08. The van der Waals surface area contributed by atoms with E-state index in [1.165, 1.54) is 38.5 Å². The number of carboxylic acid groups (broad SMARTS) is 1. The maximum atomic E-state index is 10.1. The monoisotopic (exact) mass is 225 g/mol. The summed E-state index contributed by atoms with van der Waals surface area (Å²) in [7, 11) is 0. The van der Waals surface area contributed by atoms with Gasteiger partial charge in [-0.25, -0.2) is 0 Å². The van der Waals surface area contributed by atoms with Gasteiger partial charge < -0.3 is 9.90 Å². The molecule has 0 N–H and O–H groups in total. The van der Waals surface area contributed by atoms with Crippen molar-refractivity contribution in [2.75, 3.05) is 0 Å². The van der Waals surface area contributed by atoms with Crippen molar-refractivity contribution in [3.05, 3.63) is 12.2 Å². The third-order valence-corrected chi connectivity index (χ3v) is 2.62. The van der Waals surface area contributed by atoms with E-state index in [4.69, 9.17) is 0 Å². The third-order valence-electron chi connectivity index (χ3n) is 2.62. The fraction of sp³-hybridized carbons (Fsp3) is 0.786. The first-order valence-corrected chi connectivity index (χ1v) is 6.62.